The molecule has 0 saturated heterocycles. The van der Waals surface area contributed by atoms with Gasteiger partial charge in [0, 0.05) is 34.8 Å². The molecule has 0 fully saturated rings. The van der Waals surface area contributed by atoms with E-state index in [1.165, 1.54) is 23.9 Å². The smallest absolute Gasteiger partial charge is 0.312 e. The summed E-state index contributed by atoms with van der Waals surface area (Å²) in [5, 5.41) is 10.9. The van der Waals surface area contributed by atoms with Gasteiger partial charge in [0.05, 0.1) is 16.4 Å². The lowest BCUT2D eigenvalue weighted by atomic mass is 10.1. The van der Waals surface area contributed by atoms with E-state index >= 15 is 0 Å². The first-order chi connectivity index (χ1) is 12.4. The molecule has 6 nitrogen and oxygen atoms in total. The van der Waals surface area contributed by atoms with Crippen LogP contribution in [0.5, 0.6) is 5.75 Å². The number of thioether (sulfide) groups is 1. The zero-order chi connectivity index (χ0) is 19.1. The van der Waals surface area contributed by atoms with Crippen molar-refractivity contribution in [3.8, 4) is 5.75 Å². The molecule has 0 spiro atoms. The molecule has 8 heteroatoms. The first-order valence-corrected chi connectivity index (χ1v) is 9.17. The number of nitro groups is 1. The van der Waals surface area contributed by atoms with E-state index in [0.717, 1.165) is 0 Å². The van der Waals surface area contributed by atoms with Crippen molar-refractivity contribution >= 4 is 40.8 Å². The molecule has 0 aliphatic heterocycles. The van der Waals surface area contributed by atoms with Crippen molar-refractivity contribution in [3.05, 3.63) is 63.2 Å². The van der Waals surface area contributed by atoms with Gasteiger partial charge in [-0.25, -0.2) is 0 Å². The van der Waals surface area contributed by atoms with Crippen molar-refractivity contribution in [3.63, 3.8) is 0 Å². The molecule has 0 amide bonds. The van der Waals surface area contributed by atoms with Crippen molar-refractivity contribution < 1.29 is 19.2 Å². The molecular formula is C18H16ClNO5S. The Balaban J connectivity index is 1.84. The van der Waals surface area contributed by atoms with Gasteiger partial charge in [-0.05, 0) is 30.3 Å². The summed E-state index contributed by atoms with van der Waals surface area (Å²) < 4.78 is 5.22. The number of non-ortho nitro benzene ring substituents is 1. The summed E-state index contributed by atoms with van der Waals surface area (Å²) in [6.07, 6.45) is 0.565. The summed E-state index contributed by atoms with van der Waals surface area (Å²) >= 11 is 7.32. The Labute approximate surface area is 159 Å². The molecule has 0 aliphatic carbocycles. The van der Waals surface area contributed by atoms with Crippen LogP contribution in [0.2, 0.25) is 5.02 Å². The maximum Gasteiger partial charge on any atom is 0.312 e. The number of ketones is 1. The van der Waals surface area contributed by atoms with E-state index in [0.29, 0.717) is 28.4 Å². The quantitative estimate of drug-likeness (QED) is 0.158. The Morgan fingerprint density at radius 1 is 1.19 bits per heavy atom. The molecule has 136 valence electrons. The fourth-order valence-electron chi connectivity index (χ4n) is 2.06. The van der Waals surface area contributed by atoms with Crippen LogP contribution < -0.4 is 4.74 Å². The molecule has 2 rings (SSSR count). The highest BCUT2D eigenvalue weighted by Gasteiger charge is 2.11. The summed E-state index contributed by atoms with van der Waals surface area (Å²) in [4.78, 5) is 34.3. The molecule has 0 N–H and O–H groups in total. The second-order valence-corrected chi connectivity index (χ2v) is 6.79. The first kappa shape index (κ1) is 19.9. The lowest BCUT2D eigenvalue weighted by Crippen LogP contribution is -2.09. The minimum atomic E-state index is -0.517. The highest BCUT2D eigenvalue weighted by molar-refractivity contribution is 7.99. The van der Waals surface area contributed by atoms with Gasteiger partial charge < -0.3 is 4.74 Å². The van der Waals surface area contributed by atoms with Gasteiger partial charge in [-0.3, -0.25) is 19.7 Å². The van der Waals surface area contributed by atoms with Gasteiger partial charge >= 0.3 is 5.97 Å². The molecule has 26 heavy (non-hydrogen) atoms. The number of halogens is 1. The van der Waals surface area contributed by atoms with Gasteiger partial charge in [-0.15, -0.1) is 11.8 Å². The second kappa shape index (κ2) is 9.35. The molecule has 0 atom stereocenters. The zero-order valence-corrected chi connectivity index (χ0v) is 15.5. The van der Waals surface area contributed by atoms with Crippen LogP contribution in [-0.4, -0.2) is 22.4 Å². The molecule has 2 aromatic carbocycles. The average molecular weight is 394 g/mol. The number of carbonyl (C=O) groups excluding carboxylic acids is 2. The molecule has 0 aromatic heterocycles. The Kier molecular flexibility index (Phi) is 7.17. The molecule has 0 saturated carbocycles. The van der Waals surface area contributed by atoms with E-state index in [1.54, 1.807) is 37.3 Å². The molecule has 0 aliphatic rings. The van der Waals surface area contributed by atoms with Crippen LogP contribution in [0.1, 0.15) is 30.1 Å². The van der Waals surface area contributed by atoms with Gasteiger partial charge in [0.2, 0.25) is 0 Å². The number of carbonyl (C=O) groups is 2. The van der Waals surface area contributed by atoms with E-state index in [2.05, 4.69) is 0 Å². The third-order valence-corrected chi connectivity index (χ3v) is 4.92. The highest BCUT2D eigenvalue weighted by Crippen LogP contribution is 2.30. The Morgan fingerprint density at radius 3 is 2.46 bits per heavy atom. The molecule has 2 aromatic rings. The van der Waals surface area contributed by atoms with Crippen molar-refractivity contribution in [1.82, 2.24) is 0 Å². The summed E-state index contributed by atoms with van der Waals surface area (Å²) in [6.45, 7) is 1.78. The van der Waals surface area contributed by atoms with Crippen molar-refractivity contribution in [2.45, 2.75) is 24.7 Å². The molecule has 0 bridgehead atoms. The summed E-state index contributed by atoms with van der Waals surface area (Å²) in [6, 6.07) is 10.6. The predicted octanol–water partition coefficient (Wildman–Crippen LogP) is 4.93. The summed E-state index contributed by atoms with van der Waals surface area (Å²) in [7, 11) is 0. The SMILES string of the molecule is CCC(=O)c1ccc(OC(=O)CCSc2ccc([N+](=O)[O-])cc2Cl)cc1. The third kappa shape index (κ3) is 5.57. The fraction of sp³-hybridized carbons (Fsp3) is 0.222. The van der Waals surface area contributed by atoms with E-state index in [4.69, 9.17) is 16.3 Å². The maximum atomic E-state index is 11.9. The topological polar surface area (TPSA) is 86.5 Å². The summed E-state index contributed by atoms with van der Waals surface area (Å²) in [5.74, 6) is 0.411. The van der Waals surface area contributed by atoms with Crippen LogP contribution >= 0.6 is 23.4 Å². The lowest BCUT2D eigenvalue weighted by molar-refractivity contribution is -0.384. The Hall–Kier alpha value is -2.38. The van der Waals surface area contributed by atoms with Crippen LogP contribution in [0.25, 0.3) is 0 Å². The first-order valence-electron chi connectivity index (χ1n) is 7.81. The van der Waals surface area contributed by atoms with Crippen LogP contribution in [0.4, 0.5) is 5.69 Å². The number of nitro benzene ring substituents is 1. The largest absolute Gasteiger partial charge is 0.427 e. The van der Waals surface area contributed by atoms with Gasteiger partial charge in [0.15, 0.2) is 5.78 Å². The number of hydrogen-bond acceptors (Lipinski definition) is 6. The van der Waals surface area contributed by atoms with Gasteiger partial charge in [0.25, 0.3) is 5.69 Å². The fourth-order valence-corrected chi connectivity index (χ4v) is 3.25. The van der Waals surface area contributed by atoms with Crippen LogP contribution in [0, 0.1) is 10.1 Å². The molecule has 0 radical (unpaired) electrons. The number of hydrogen-bond donors (Lipinski definition) is 0. The molecule has 0 unspecified atom stereocenters. The zero-order valence-electron chi connectivity index (χ0n) is 13.9. The van der Waals surface area contributed by atoms with Crippen molar-refractivity contribution in [2.24, 2.45) is 0 Å². The van der Waals surface area contributed by atoms with E-state index < -0.39 is 10.9 Å². The normalized spacial score (nSPS) is 10.4. The average Bonchev–Trinajstić information content (AvgIpc) is 2.62. The Morgan fingerprint density at radius 2 is 1.88 bits per heavy atom. The monoisotopic (exact) mass is 393 g/mol. The number of ether oxygens (including phenoxy) is 1. The van der Waals surface area contributed by atoms with Crippen molar-refractivity contribution in [1.29, 1.82) is 0 Å². The van der Waals surface area contributed by atoms with E-state index in [9.17, 15) is 19.7 Å². The number of esters is 1. The second-order valence-electron chi connectivity index (χ2n) is 5.25. The number of benzene rings is 2. The maximum absolute atomic E-state index is 11.9. The highest BCUT2D eigenvalue weighted by atomic mass is 35.5. The van der Waals surface area contributed by atoms with E-state index in [1.807, 2.05) is 0 Å². The van der Waals surface area contributed by atoms with Crippen LogP contribution in [-0.2, 0) is 4.79 Å². The standard InChI is InChI=1S/C18H16ClNO5S/c1-2-16(21)12-3-6-14(7-4-12)25-18(22)9-10-26-17-8-5-13(20(23)24)11-15(17)19/h3-8,11H,2,9-10H2,1H3. The predicted molar refractivity (Wildman–Crippen MR) is 100 cm³/mol. The van der Waals surface area contributed by atoms with Crippen molar-refractivity contribution in [2.75, 3.05) is 5.75 Å². The number of rotatable bonds is 8. The van der Waals surface area contributed by atoms with Gasteiger partial charge in [-0.2, -0.15) is 0 Å². The van der Waals surface area contributed by atoms with Crippen LogP contribution in [0.3, 0.4) is 0 Å². The summed E-state index contributed by atoms with van der Waals surface area (Å²) in [5.41, 5.74) is 0.499. The van der Waals surface area contributed by atoms with Gasteiger partial charge in [0.1, 0.15) is 5.75 Å². The van der Waals surface area contributed by atoms with Gasteiger partial charge in [-0.1, -0.05) is 18.5 Å². The molecule has 0 heterocycles. The van der Waals surface area contributed by atoms with Crippen LogP contribution in [0.15, 0.2) is 47.4 Å². The minimum Gasteiger partial charge on any atom is -0.427 e. The minimum absolute atomic E-state index is 0.0271. The number of nitrogens with zero attached hydrogens (tertiary/aromatic N) is 1. The third-order valence-electron chi connectivity index (χ3n) is 3.42. The van der Waals surface area contributed by atoms with E-state index in [-0.39, 0.29) is 22.9 Å². The lowest BCUT2D eigenvalue weighted by Gasteiger charge is -2.06. The number of Topliss-reactive ketones (excluding diaryl/α,β-unsaturated/α-hetero) is 1. The Bertz CT molecular complexity index is 823. The molecular weight excluding hydrogens is 378 g/mol.